The van der Waals surface area contributed by atoms with Gasteiger partial charge < -0.3 is 5.32 Å². The zero-order valence-corrected chi connectivity index (χ0v) is 13.6. The summed E-state index contributed by atoms with van der Waals surface area (Å²) in [5.74, 6) is -2.30. The van der Waals surface area contributed by atoms with Crippen LogP contribution < -0.4 is 5.32 Å². The lowest BCUT2D eigenvalue weighted by Crippen LogP contribution is -2.46. The van der Waals surface area contributed by atoms with E-state index >= 15 is 0 Å². The lowest BCUT2D eigenvalue weighted by atomic mass is 9.85. The number of halogens is 1. The molecule has 3 amide bonds. The number of hydrogen-bond donors (Lipinski definition) is 1. The maximum absolute atomic E-state index is 13.3. The van der Waals surface area contributed by atoms with Crippen molar-refractivity contribution in [3.05, 3.63) is 41.7 Å². The van der Waals surface area contributed by atoms with Crippen molar-refractivity contribution in [1.82, 2.24) is 4.90 Å². The molecule has 24 heavy (non-hydrogen) atoms. The van der Waals surface area contributed by atoms with Crippen molar-refractivity contribution >= 4 is 23.4 Å². The number of aryl methyl sites for hydroxylation is 1. The molecule has 0 spiro atoms. The highest BCUT2D eigenvalue weighted by molar-refractivity contribution is 6.10. The minimum absolute atomic E-state index is 0.298. The van der Waals surface area contributed by atoms with Crippen LogP contribution in [-0.4, -0.2) is 28.7 Å². The molecule has 1 aromatic carbocycles. The summed E-state index contributed by atoms with van der Waals surface area (Å²) >= 11 is 0. The highest BCUT2D eigenvalue weighted by Crippen LogP contribution is 2.36. The van der Waals surface area contributed by atoms with Crippen molar-refractivity contribution in [1.29, 1.82) is 0 Å². The summed E-state index contributed by atoms with van der Waals surface area (Å²) in [7, 11) is 0. The lowest BCUT2D eigenvalue weighted by molar-refractivity contribution is -0.146. The molecule has 6 heteroatoms. The highest BCUT2D eigenvalue weighted by Gasteiger charge is 2.50. The van der Waals surface area contributed by atoms with E-state index in [1.165, 1.54) is 19.1 Å². The van der Waals surface area contributed by atoms with E-state index in [1.54, 1.807) is 13.0 Å². The Morgan fingerprint density at radius 1 is 1.21 bits per heavy atom. The molecule has 1 N–H and O–H groups in total. The Bertz CT molecular complexity index is 718. The van der Waals surface area contributed by atoms with E-state index < -0.39 is 17.8 Å². The van der Waals surface area contributed by atoms with Gasteiger partial charge in [0.2, 0.25) is 17.7 Å². The van der Waals surface area contributed by atoms with Gasteiger partial charge in [0.15, 0.2) is 0 Å². The van der Waals surface area contributed by atoms with Gasteiger partial charge in [-0.1, -0.05) is 18.2 Å². The first kappa shape index (κ1) is 16.4. The molecule has 0 saturated carbocycles. The number of fused-ring (bicyclic) bond motifs is 1. The number of hydrogen-bond acceptors (Lipinski definition) is 3. The van der Waals surface area contributed by atoms with Gasteiger partial charge in [0.1, 0.15) is 11.9 Å². The molecule has 1 aliphatic heterocycles. The molecule has 3 atom stereocenters. The predicted molar refractivity (Wildman–Crippen MR) is 86.4 cm³/mol. The maximum Gasteiger partial charge on any atom is 0.247 e. The van der Waals surface area contributed by atoms with Gasteiger partial charge in [-0.25, -0.2) is 4.39 Å². The number of imide groups is 1. The van der Waals surface area contributed by atoms with E-state index in [0.29, 0.717) is 24.1 Å². The van der Waals surface area contributed by atoms with Crippen LogP contribution in [0.5, 0.6) is 0 Å². The van der Waals surface area contributed by atoms with Gasteiger partial charge in [-0.05, 0) is 44.4 Å². The molecule has 0 aromatic heterocycles. The van der Waals surface area contributed by atoms with Crippen LogP contribution in [0.15, 0.2) is 30.4 Å². The normalized spacial score (nSPS) is 24.0. The third-order valence-corrected chi connectivity index (χ3v) is 4.77. The van der Waals surface area contributed by atoms with Crippen LogP contribution in [0.2, 0.25) is 0 Å². The van der Waals surface area contributed by atoms with Crippen LogP contribution in [-0.2, 0) is 14.4 Å². The van der Waals surface area contributed by atoms with Crippen LogP contribution in [0.3, 0.4) is 0 Å². The summed E-state index contributed by atoms with van der Waals surface area (Å²) in [5.41, 5.74) is 1.04. The number of allylic oxidation sites excluding steroid dienone is 2. The Hall–Kier alpha value is -2.50. The molecule has 1 heterocycles. The van der Waals surface area contributed by atoms with E-state index in [-0.39, 0.29) is 23.7 Å². The Morgan fingerprint density at radius 3 is 2.38 bits per heavy atom. The number of nitrogens with zero attached hydrogens (tertiary/aromatic N) is 1. The molecule has 1 saturated heterocycles. The lowest BCUT2D eigenvalue weighted by Gasteiger charge is -2.22. The Kier molecular flexibility index (Phi) is 4.22. The number of rotatable bonds is 3. The minimum Gasteiger partial charge on any atom is -0.324 e. The van der Waals surface area contributed by atoms with Gasteiger partial charge in [0.25, 0.3) is 0 Å². The van der Waals surface area contributed by atoms with Crippen molar-refractivity contribution in [2.45, 2.75) is 32.7 Å². The van der Waals surface area contributed by atoms with Gasteiger partial charge in [0.05, 0.1) is 11.8 Å². The summed E-state index contributed by atoms with van der Waals surface area (Å²) in [6, 6.07) is 3.15. The van der Waals surface area contributed by atoms with E-state index in [4.69, 9.17) is 0 Å². The molecule has 3 unspecified atom stereocenters. The average Bonchev–Trinajstić information content (AvgIpc) is 2.82. The number of likely N-dealkylation sites (tertiary alicyclic amines) is 1. The molecule has 3 rings (SSSR count). The number of carbonyl (C=O) groups is 3. The number of carbonyl (C=O) groups excluding carboxylic acids is 3. The summed E-state index contributed by atoms with van der Waals surface area (Å²) in [5, 5.41) is 2.61. The van der Waals surface area contributed by atoms with Crippen molar-refractivity contribution in [3.8, 4) is 0 Å². The molecule has 1 fully saturated rings. The quantitative estimate of drug-likeness (QED) is 0.684. The first-order valence-electron chi connectivity index (χ1n) is 7.99. The molecule has 1 aromatic rings. The van der Waals surface area contributed by atoms with Gasteiger partial charge in [-0.15, -0.1) is 0 Å². The summed E-state index contributed by atoms with van der Waals surface area (Å²) in [6.07, 6.45) is 4.86. The summed E-state index contributed by atoms with van der Waals surface area (Å²) < 4.78 is 13.3. The van der Waals surface area contributed by atoms with Crippen molar-refractivity contribution in [3.63, 3.8) is 0 Å². The molecular weight excluding hydrogens is 311 g/mol. The number of amides is 3. The van der Waals surface area contributed by atoms with Gasteiger partial charge >= 0.3 is 0 Å². The van der Waals surface area contributed by atoms with Crippen molar-refractivity contribution < 1.29 is 18.8 Å². The molecule has 0 radical (unpaired) electrons. The first-order chi connectivity index (χ1) is 11.4. The number of nitrogens with one attached hydrogen (secondary N) is 1. The van der Waals surface area contributed by atoms with Crippen molar-refractivity contribution in [2.24, 2.45) is 11.8 Å². The molecule has 5 nitrogen and oxygen atoms in total. The molecule has 2 aliphatic rings. The standard InChI is InChI=1S/C18H19FN2O3/c1-10-7-8-12(19)9-15(10)20-16(22)11(2)21-17(23)13-5-3-4-6-14(13)18(21)24/h3-4,7-9,11,13-14H,5-6H2,1-2H3,(H,20,22). The third-order valence-electron chi connectivity index (χ3n) is 4.77. The van der Waals surface area contributed by atoms with E-state index in [0.717, 1.165) is 4.90 Å². The third kappa shape index (κ3) is 2.72. The Labute approximate surface area is 139 Å². The second kappa shape index (κ2) is 6.19. The Morgan fingerprint density at radius 2 is 1.79 bits per heavy atom. The van der Waals surface area contributed by atoms with Crippen LogP contribution >= 0.6 is 0 Å². The SMILES string of the molecule is Cc1ccc(F)cc1NC(=O)C(C)N1C(=O)C2CC=CCC2C1=O. The molecular formula is C18H19FN2O3. The highest BCUT2D eigenvalue weighted by atomic mass is 19.1. The number of benzene rings is 1. The summed E-state index contributed by atoms with van der Waals surface area (Å²) in [6.45, 7) is 3.26. The number of anilines is 1. The molecule has 0 bridgehead atoms. The second-order valence-corrected chi connectivity index (χ2v) is 6.33. The van der Waals surface area contributed by atoms with Crippen LogP contribution in [0.4, 0.5) is 10.1 Å². The fraction of sp³-hybridized carbons (Fsp3) is 0.389. The largest absolute Gasteiger partial charge is 0.324 e. The van der Waals surface area contributed by atoms with E-state index in [1.807, 2.05) is 12.2 Å². The predicted octanol–water partition coefficient (Wildman–Crippen LogP) is 2.41. The molecule has 1 aliphatic carbocycles. The van der Waals surface area contributed by atoms with Crippen LogP contribution in [0, 0.1) is 24.6 Å². The zero-order valence-electron chi connectivity index (χ0n) is 13.6. The van der Waals surface area contributed by atoms with Gasteiger partial charge in [0, 0.05) is 5.69 Å². The monoisotopic (exact) mass is 330 g/mol. The fourth-order valence-electron chi connectivity index (χ4n) is 3.29. The van der Waals surface area contributed by atoms with Gasteiger partial charge in [-0.2, -0.15) is 0 Å². The topological polar surface area (TPSA) is 66.5 Å². The fourth-order valence-corrected chi connectivity index (χ4v) is 3.29. The zero-order chi connectivity index (χ0) is 17.4. The maximum atomic E-state index is 13.3. The Balaban J connectivity index is 1.77. The minimum atomic E-state index is -0.932. The second-order valence-electron chi connectivity index (χ2n) is 6.33. The van der Waals surface area contributed by atoms with Crippen LogP contribution in [0.1, 0.15) is 25.3 Å². The summed E-state index contributed by atoms with van der Waals surface area (Å²) in [4.78, 5) is 38.5. The first-order valence-corrected chi connectivity index (χ1v) is 7.99. The van der Waals surface area contributed by atoms with Crippen LogP contribution in [0.25, 0.3) is 0 Å². The van der Waals surface area contributed by atoms with Gasteiger partial charge in [-0.3, -0.25) is 19.3 Å². The smallest absolute Gasteiger partial charge is 0.247 e. The average molecular weight is 330 g/mol. The van der Waals surface area contributed by atoms with E-state index in [2.05, 4.69) is 5.32 Å². The van der Waals surface area contributed by atoms with Crippen molar-refractivity contribution in [2.75, 3.05) is 5.32 Å². The molecule has 126 valence electrons. The van der Waals surface area contributed by atoms with E-state index in [9.17, 15) is 18.8 Å².